The lowest BCUT2D eigenvalue weighted by molar-refractivity contribution is -0.129. The van der Waals surface area contributed by atoms with Crippen LogP contribution in [0, 0.1) is 5.92 Å². The smallest absolute Gasteiger partial charge is 0.233 e. The quantitative estimate of drug-likeness (QED) is 0.750. The third-order valence-corrected chi connectivity index (χ3v) is 6.13. The van der Waals surface area contributed by atoms with Gasteiger partial charge in [0.1, 0.15) is 6.61 Å². The number of ether oxygens (including phenoxy) is 2. The Labute approximate surface area is 163 Å². The molecule has 1 amide bonds. The van der Waals surface area contributed by atoms with Crippen molar-refractivity contribution in [2.24, 2.45) is 13.0 Å². The van der Waals surface area contributed by atoms with Crippen molar-refractivity contribution in [3.63, 3.8) is 0 Å². The summed E-state index contributed by atoms with van der Waals surface area (Å²) in [4.78, 5) is 14.4. The molecular formula is C19H24N4O3S. The van der Waals surface area contributed by atoms with Crippen LogP contribution in [0.1, 0.15) is 31.7 Å². The summed E-state index contributed by atoms with van der Waals surface area (Å²) in [5.74, 6) is 3.41. The third-order valence-electron chi connectivity index (χ3n) is 5.13. The number of hydrogen-bond acceptors (Lipinski definition) is 6. The molecule has 1 atom stereocenters. The molecule has 0 spiro atoms. The van der Waals surface area contributed by atoms with E-state index in [4.69, 9.17) is 9.47 Å². The predicted octanol–water partition coefficient (Wildman–Crippen LogP) is 2.68. The third kappa shape index (κ3) is 3.90. The van der Waals surface area contributed by atoms with E-state index >= 15 is 0 Å². The summed E-state index contributed by atoms with van der Waals surface area (Å²) >= 11 is 1.42. The van der Waals surface area contributed by atoms with Crippen molar-refractivity contribution in [3.8, 4) is 11.5 Å². The highest BCUT2D eigenvalue weighted by atomic mass is 32.2. The molecule has 2 aliphatic rings. The van der Waals surface area contributed by atoms with Gasteiger partial charge in [0.05, 0.1) is 5.75 Å². The zero-order chi connectivity index (χ0) is 18.8. The summed E-state index contributed by atoms with van der Waals surface area (Å²) in [5.41, 5.74) is 0. The van der Waals surface area contributed by atoms with E-state index in [-0.39, 0.29) is 12.0 Å². The number of aromatic nitrogens is 3. The number of benzene rings is 1. The Hall–Kier alpha value is -2.22. The van der Waals surface area contributed by atoms with Gasteiger partial charge in [0.15, 0.2) is 28.6 Å². The second kappa shape index (κ2) is 7.80. The van der Waals surface area contributed by atoms with Crippen LogP contribution < -0.4 is 9.47 Å². The van der Waals surface area contributed by atoms with Crippen LogP contribution in [-0.2, 0) is 11.8 Å². The number of carbonyl (C=O) groups is 1. The lowest BCUT2D eigenvalue weighted by Gasteiger charge is -2.30. The molecule has 0 saturated carbocycles. The van der Waals surface area contributed by atoms with Crippen LogP contribution in [0.4, 0.5) is 0 Å². The van der Waals surface area contributed by atoms with Crippen LogP contribution in [-0.4, -0.2) is 51.0 Å². The molecule has 1 fully saturated rings. The van der Waals surface area contributed by atoms with Crippen LogP contribution in [0.15, 0.2) is 29.4 Å². The van der Waals surface area contributed by atoms with E-state index in [1.54, 1.807) is 0 Å². The van der Waals surface area contributed by atoms with Gasteiger partial charge >= 0.3 is 0 Å². The number of carbonyl (C=O) groups excluding carboxylic acids is 1. The maximum Gasteiger partial charge on any atom is 0.233 e. The molecule has 3 heterocycles. The monoisotopic (exact) mass is 388 g/mol. The maximum atomic E-state index is 12.4. The standard InChI is InChI=1S/C19H24N4O3S/c1-13-7-9-23(10-8-13)17(24)12-27-19-21-20-18(22(19)2)16-11-25-14-5-3-4-6-15(14)26-16/h3-6,13,16H,7-12H2,1-2H3. The summed E-state index contributed by atoms with van der Waals surface area (Å²) in [7, 11) is 1.90. The molecule has 2 aromatic rings. The molecule has 0 radical (unpaired) electrons. The molecule has 1 aromatic heterocycles. The average Bonchev–Trinajstić information content (AvgIpc) is 3.06. The number of nitrogens with zero attached hydrogens (tertiary/aromatic N) is 4. The number of para-hydroxylation sites is 2. The number of likely N-dealkylation sites (tertiary alicyclic amines) is 1. The van der Waals surface area contributed by atoms with E-state index in [1.165, 1.54) is 11.8 Å². The Bertz CT molecular complexity index is 817. The highest BCUT2D eigenvalue weighted by Gasteiger charge is 2.28. The Kier molecular flexibility index (Phi) is 5.24. The molecule has 7 nitrogen and oxygen atoms in total. The normalized spacial score (nSPS) is 19.9. The van der Waals surface area contributed by atoms with Crippen LogP contribution >= 0.6 is 11.8 Å². The van der Waals surface area contributed by atoms with E-state index < -0.39 is 0 Å². The zero-order valence-corrected chi connectivity index (χ0v) is 16.4. The second-order valence-electron chi connectivity index (χ2n) is 7.12. The maximum absolute atomic E-state index is 12.4. The fraction of sp³-hybridized carbons (Fsp3) is 0.526. The topological polar surface area (TPSA) is 69.5 Å². The summed E-state index contributed by atoms with van der Waals surface area (Å²) in [6.45, 7) is 4.35. The SMILES string of the molecule is CC1CCN(C(=O)CSc2nnc(C3COc4ccccc4O3)n2C)CC1. The van der Waals surface area contributed by atoms with E-state index in [2.05, 4.69) is 17.1 Å². The summed E-state index contributed by atoms with van der Waals surface area (Å²) in [5, 5.41) is 9.23. The fourth-order valence-corrected chi connectivity index (χ4v) is 4.18. The molecular weight excluding hydrogens is 364 g/mol. The van der Waals surface area contributed by atoms with E-state index in [1.807, 2.05) is 40.8 Å². The first-order valence-corrected chi connectivity index (χ1v) is 10.3. The van der Waals surface area contributed by atoms with Crippen LogP contribution in [0.3, 0.4) is 0 Å². The summed E-state index contributed by atoms with van der Waals surface area (Å²) < 4.78 is 13.7. The van der Waals surface area contributed by atoms with Gasteiger partial charge in [-0.25, -0.2) is 0 Å². The van der Waals surface area contributed by atoms with Crippen molar-refractivity contribution < 1.29 is 14.3 Å². The highest BCUT2D eigenvalue weighted by Crippen LogP contribution is 2.35. The number of thioether (sulfide) groups is 1. The van der Waals surface area contributed by atoms with Gasteiger partial charge in [-0.2, -0.15) is 0 Å². The van der Waals surface area contributed by atoms with Crippen molar-refractivity contribution in [1.82, 2.24) is 19.7 Å². The van der Waals surface area contributed by atoms with Crippen molar-refractivity contribution in [1.29, 1.82) is 0 Å². The van der Waals surface area contributed by atoms with Crippen molar-refractivity contribution >= 4 is 17.7 Å². The highest BCUT2D eigenvalue weighted by molar-refractivity contribution is 7.99. The van der Waals surface area contributed by atoms with Gasteiger partial charge in [0, 0.05) is 20.1 Å². The van der Waals surface area contributed by atoms with Gasteiger partial charge in [0.2, 0.25) is 5.91 Å². The van der Waals surface area contributed by atoms with Gasteiger partial charge in [-0.05, 0) is 30.9 Å². The van der Waals surface area contributed by atoms with Crippen molar-refractivity contribution in [3.05, 3.63) is 30.1 Å². The summed E-state index contributed by atoms with van der Waals surface area (Å²) in [6, 6.07) is 7.59. The van der Waals surface area contributed by atoms with Gasteiger partial charge in [-0.15, -0.1) is 10.2 Å². The molecule has 1 saturated heterocycles. The Morgan fingerprint density at radius 2 is 1.96 bits per heavy atom. The number of hydrogen-bond donors (Lipinski definition) is 0. The Morgan fingerprint density at radius 1 is 1.22 bits per heavy atom. The largest absolute Gasteiger partial charge is 0.485 e. The van der Waals surface area contributed by atoms with Crippen LogP contribution in [0.2, 0.25) is 0 Å². The predicted molar refractivity (Wildman–Crippen MR) is 102 cm³/mol. The Morgan fingerprint density at radius 3 is 2.74 bits per heavy atom. The first-order valence-electron chi connectivity index (χ1n) is 9.30. The van der Waals surface area contributed by atoms with E-state index in [0.717, 1.165) is 31.7 Å². The minimum absolute atomic E-state index is 0.169. The minimum Gasteiger partial charge on any atom is -0.485 e. The molecule has 0 N–H and O–H groups in total. The van der Waals surface area contributed by atoms with Crippen molar-refractivity contribution in [2.45, 2.75) is 31.0 Å². The average molecular weight is 388 g/mol. The zero-order valence-electron chi connectivity index (χ0n) is 15.6. The van der Waals surface area contributed by atoms with Gasteiger partial charge in [-0.3, -0.25) is 4.79 Å². The molecule has 1 aromatic carbocycles. The molecule has 0 aliphatic carbocycles. The first-order chi connectivity index (χ1) is 13.1. The minimum atomic E-state index is -0.314. The lowest BCUT2D eigenvalue weighted by Crippen LogP contribution is -2.38. The number of piperidine rings is 1. The van der Waals surface area contributed by atoms with Gasteiger partial charge in [-0.1, -0.05) is 30.8 Å². The van der Waals surface area contributed by atoms with Gasteiger partial charge in [0.25, 0.3) is 0 Å². The molecule has 8 heteroatoms. The number of amides is 1. The van der Waals surface area contributed by atoms with E-state index in [0.29, 0.717) is 35.0 Å². The summed E-state index contributed by atoms with van der Waals surface area (Å²) in [6.07, 6.45) is 1.86. The number of rotatable bonds is 4. The first kappa shape index (κ1) is 18.2. The molecule has 27 heavy (non-hydrogen) atoms. The molecule has 2 aliphatic heterocycles. The molecule has 0 bridgehead atoms. The molecule has 144 valence electrons. The van der Waals surface area contributed by atoms with Gasteiger partial charge < -0.3 is 18.9 Å². The number of fused-ring (bicyclic) bond motifs is 1. The Balaban J connectivity index is 1.37. The fourth-order valence-electron chi connectivity index (χ4n) is 3.35. The lowest BCUT2D eigenvalue weighted by atomic mass is 9.99. The second-order valence-corrected chi connectivity index (χ2v) is 8.06. The van der Waals surface area contributed by atoms with E-state index in [9.17, 15) is 4.79 Å². The van der Waals surface area contributed by atoms with Crippen molar-refractivity contribution in [2.75, 3.05) is 25.4 Å². The molecule has 1 unspecified atom stereocenters. The molecule has 4 rings (SSSR count). The van der Waals surface area contributed by atoms with Crippen LogP contribution in [0.5, 0.6) is 11.5 Å². The van der Waals surface area contributed by atoms with Crippen LogP contribution in [0.25, 0.3) is 0 Å².